The topological polar surface area (TPSA) is 23.6 Å². The van der Waals surface area contributed by atoms with E-state index < -0.39 is 0 Å². The first-order valence-corrected chi connectivity index (χ1v) is 8.03. The summed E-state index contributed by atoms with van der Waals surface area (Å²) in [7, 11) is 2.16. The Balaban J connectivity index is 2.00. The van der Waals surface area contributed by atoms with Crippen molar-refractivity contribution in [1.82, 2.24) is 9.80 Å². The van der Waals surface area contributed by atoms with Crippen LogP contribution in [-0.2, 0) is 0 Å². The summed E-state index contributed by atoms with van der Waals surface area (Å²) < 4.78 is 0. The highest BCUT2D eigenvalue weighted by Gasteiger charge is 2.22. The molecule has 0 radical (unpaired) electrons. The fraction of sp³-hybridized carbons (Fsp3) is 0.611. The van der Waals surface area contributed by atoms with Crippen molar-refractivity contribution >= 4 is 5.78 Å². The molecule has 21 heavy (non-hydrogen) atoms. The van der Waals surface area contributed by atoms with Gasteiger partial charge in [-0.05, 0) is 38.4 Å². The maximum atomic E-state index is 12.5. The third kappa shape index (κ3) is 4.39. The molecule has 1 aromatic rings. The molecule has 1 aliphatic rings. The minimum atomic E-state index is 0.238. The van der Waals surface area contributed by atoms with Crippen LogP contribution >= 0.6 is 0 Å². The average Bonchev–Trinajstić information content (AvgIpc) is 2.60. The molecule has 1 aliphatic heterocycles. The summed E-state index contributed by atoms with van der Waals surface area (Å²) in [6.45, 7) is 10.3. The van der Waals surface area contributed by atoms with E-state index in [2.05, 4.69) is 49.8 Å². The molecule has 1 atom stereocenters. The lowest BCUT2D eigenvalue weighted by molar-refractivity contribution is 0.0900. The number of hydrogen-bond donors (Lipinski definition) is 0. The fourth-order valence-corrected chi connectivity index (χ4v) is 2.99. The van der Waals surface area contributed by atoms with Crippen LogP contribution in [0.2, 0.25) is 0 Å². The maximum Gasteiger partial charge on any atom is 0.176 e. The molecule has 116 valence electrons. The monoisotopic (exact) mass is 288 g/mol. The molecule has 0 amide bonds. The SMILES string of the molecule is CC(C)c1ccc(C(=O)CN2CCCN(C)CC2C)cc1. The van der Waals surface area contributed by atoms with Crippen molar-refractivity contribution in [3.8, 4) is 0 Å². The summed E-state index contributed by atoms with van der Waals surface area (Å²) in [5.41, 5.74) is 2.13. The van der Waals surface area contributed by atoms with Crippen LogP contribution in [0.4, 0.5) is 0 Å². The highest BCUT2D eigenvalue weighted by Crippen LogP contribution is 2.16. The summed E-state index contributed by atoms with van der Waals surface area (Å²) >= 11 is 0. The highest BCUT2D eigenvalue weighted by atomic mass is 16.1. The largest absolute Gasteiger partial charge is 0.305 e. The predicted molar refractivity (Wildman–Crippen MR) is 88.0 cm³/mol. The Labute approximate surface area is 128 Å². The number of ketones is 1. The number of hydrogen-bond acceptors (Lipinski definition) is 3. The van der Waals surface area contributed by atoms with Crippen LogP contribution in [0.3, 0.4) is 0 Å². The van der Waals surface area contributed by atoms with Crippen molar-refractivity contribution in [3.05, 3.63) is 35.4 Å². The zero-order valence-electron chi connectivity index (χ0n) is 13.8. The van der Waals surface area contributed by atoms with Crippen molar-refractivity contribution in [1.29, 1.82) is 0 Å². The van der Waals surface area contributed by atoms with Gasteiger partial charge in [-0.3, -0.25) is 9.69 Å². The van der Waals surface area contributed by atoms with Gasteiger partial charge in [0.05, 0.1) is 6.54 Å². The number of benzene rings is 1. The number of likely N-dealkylation sites (N-methyl/N-ethyl adjacent to an activating group) is 1. The molecule has 1 aromatic carbocycles. The second-order valence-electron chi connectivity index (χ2n) is 6.64. The zero-order chi connectivity index (χ0) is 15.4. The van der Waals surface area contributed by atoms with Crippen molar-refractivity contribution in [2.24, 2.45) is 0 Å². The third-order valence-electron chi connectivity index (χ3n) is 4.43. The number of Topliss-reactive ketones (excluding diaryl/α,β-unsaturated/α-hetero) is 1. The molecule has 1 heterocycles. The van der Waals surface area contributed by atoms with Gasteiger partial charge in [0.15, 0.2) is 5.78 Å². The molecule has 1 saturated heterocycles. The zero-order valence-corrected chi connectivity index (χ0v) is 13.8. The van der Waals surface area contributed by atoms with E-state index in [1.165, 1.54) is 5.56 Å². The lowest BCUT2D eigenvalue weighted by atomic mass is 10.0. The van der Waals surface area contributed by atoms with Gasteiger partial charge in [-0.15, -0.1) is 0 Å². The van der Waals surface area contributed by atoms with E-state index in [1.54, 1.807) is 0 Å². The van der Waals surface area contributed by atoms with Gasteiger partial charge in [0.25, 0.3) is 0 Å². The molecule has 1 fully saturated rings. The van der Waals surface area contributed by atoms with E-state index in [0.717, 1.165) is 31.6 Å². The Bertz CT molecular complexity index is 467. The van der Waals surface area contributed by atoms with Crippen molar-refractivity contribution in [2.75, 3.05) is 33.2 Å². The molecule has 0 spiro atoms. The molecular weight excluding hydrogens is 260 g/mol. The van der Waals surface area contributed by atoms with Crippen LogP contribution in [0.5, 0.6) is 0 Å². The summed E-state index contributed by atoms with van der Waals surface area (Å²) in [4.78, 5) is 17.2. The Kier molecular flexibility index (Phi) is 5.54. The van der Waals surface area contributed by atoms with Crippen LogP contribution < -0.4 is 0 Å². The third-order valence-corrected chi connectivity index (χ3v) is 4.43. The predicted octanol–water partition coefficient (Wildman–Crippen LogP) is 3.02. The van der Waals surface area contributed by atoms with Gasteiger partial charge in [-0.25, -0.2) is 0 Å². The van der Waals surface area contributed by atoms with Gasteiger partial charge < -0.3 is 4.90 Å². The molecule has 0 N–H and O–H groups in total. The van der Waals surface area contributed by atoms with E-state index in [4.69, 9.17) is 0 Å². The minimum Gasteiger partial charge on any atom is -0.305 e. The summed E-state index contributed by atoms with van der Waals surface area (Å²) in [6, 6.07) is 8.56. The number of carbonyl (C=O) groups is 1. The lowest BCUT2D eigenvalue weighted by Gasteiger charge is -2.27. The van der Waals surface area contributed by atoms with E-state index >= 15 is 0 Å². The molecule has 1 unspecified atom stereocenters. The van der Waals surface area contributed by atoms with E-state index in [9.17, 15) is 4.79 Å². The van der Waals surface area contributed by atoms with E-state index in [1.807, 2.05) is 12.1 Å². The molecule has 0 saturated carbocycles. The molecule has 2 rings (SSSR count). The Morgan fingerprint density at radius 1 is 1.24 bits per heavy atom. The maximum absolute atomic E-state index is 12.5. The normalized spacial score (nSPS) is 21.5. The number of rotatable bonds is 4. The van der Waals surface area contributed by atoms with Crippen LogP contribution in [-0.4, -0.2) is 54.9 Å². The van der Waals surface area contributed by atoms with Gasteiger partial charge in [-0.2, -0.15) is 0 Å². The lowest BCUT2D eigenvalue weighted by Crippen LogP contribution is -2.40. The minimum absolute atomic E-state index is 0.238. The van der Waals surface area contributed by atoms with Crippen LogP contribution in [0.1, 0.15) is 49.0 Å². The van der Waals surface area contributed by atoms with Crippen LogP contribution in [0, 0.1) is 0 Å². The first-order valence-electron chi connectivity index (χ1n) is 8.03. The smallest absolute Gasteiger partial charge is 0.176 e. The van der Waals surface area contributed by atoms with Crippen molar-refractivity contribution in [2.45, 2.75) is 39.2 Å². The Morgan fingerprint density at radius 2 is 1.90 bits per heavy atom. The number of nitrogens with zero attached hydrogens (tertiary/aromatic N) is 2. The quantitative estimate of drug-likeness (QED) is 0.796. The Morgan fingerprint density at radius 3 is 2.52 bits per heavy atom. The van der Waals surface area contributed by atoms with Gasteiger partial charge in [-0.1, -0.05) is 38.1 Å². The second kappa shape index (κ2) is 7.19. The fourth-order valence-electron chi connectivity index (χ4n) is 2.99. The van der Waals surface area contributed by atoms with E-state index in [0.29, 0.717) is 18.5 Å². The molecule has 0 bridgehead atoms. The molecule has 3 nitrogen and oxygen atoms in total. The molecule has 0 aromatic heterocycles. The first-order chi connectivity index (χ1) is 9.97. The molecule has 0 aliphatic carbocycles. The first kappa shape index (κ1) is 16.2. The van der Waals surface area contributed by atoms with Gasteiger partial charge in [0.2, 0.25) is 0 Å². The van der Waals surface area contributed by atoms with Crippen LogP contribution in [0.15, 0.2) is 24.3 Å². The van der Waals surface area contributed by atoms with Crippen LogP contribution in [0.25, 0.3) is 0 Å². The summed E-state index contributed by atoms with van der Waals surface area (Å²) in [5, 5.41) is 0. The number of carbonyl (C=O) groups excluding carboxylic acids is 1. The van der Waals surface area contributed by atoms with Crippen molar-refractivity contribution in [3.63, 3.8) is 0 Å². The summed E-state index contributed by atoms with van der Waals surface area (Å²) in [6.07, 6.45) is 1.14. The van der Waals surface area contributed by atoms with Gasteiger partial charge in [0.1, 0.15) is 0 Å². The molecule has 3 heteroatoms. The Hall–Kier alpha value is -1.19. The van der Waals surface area contributed by atoms with Gasteiger partial charge >= 0.3 is 0 Å². The highest BCUT2D eigenvalue weighted by molar-refractivity contribution is 5.97. The van der Waals surface area contributed by atoms with Gasteiger partial charge in [0, 0.05) is 24.7 Å². The second-order valence-corrected chi connectivity index (χ2v) is 6.64. The standard InChI is InChI=1S/C18H28N2O/c1-14(2)16-6-8-17(9-7-16)18(21)13-20-11-5-10-19(4)12-15(20)3/h6-9,14-15H,5,10-13H2,1-4H3. The molecular formula is C18H28N2O. The van der Waals surface area contributed by atoms with Crippen molar-refractivity contribution < 1.29 is 4.79 Å². The average molecular weight is 288 g/mol. The van der Waals surface area contributed by atoms with E-state index in [-0.39, 0.29) is 5.78 Å². The summed E-state index contributed by atoms with van der Waals surface area (Å²) in [5.74, 6) is 0.747.